The molecule has 0 radical (unpaired) electrons. The summed E-state index contributed by atoms with van der Waals surface area (Å²) in [5.74, 6) is 2.81. The smallest absolute Gasteiger partial charge is 0.0469 e. The minimum absolute atomic E-state index is 0.871. The van der Waals surface area contributed by atoms with E-state index >= 15 is 0 Å². The summed E-state index contributed by atoms with van der Waals surface area (Å²) in [5.41, 5.74) is 0. The summed E-state index contributed by atoms with van der Waals surface area (Å²) in [6, 6.07) is 0. The molecular weight excluding hydrogens is 174 g/mol. The maximum absolute atomic E-state index is 5.35. The van der Waals surface area contributed by atoms with Gasteiger partial charge >= 0.3 is 0 Å². The Labute approximate surface area is 87.4 Å². The van der Waals surface area contributed by atoms with Gasteiger partial charge in [0.2, 0.25) is 0 Å². The third kappa shape index (κ3) is 3.25. The van der Waals surface area contributed by atoms with Crippen LogP contribution in [0.15, 0.2) is 0 Å². The quantitative estimate of drug-likeness (QED) is 0.728. The maximum atomic E-state index is 5.35. The zero-order chi connectivity index (χ0) is 9.80. The predicted octanol–water partition coefficient (Wildman–Crippen LogP) is 2.05. The Morgan fingerprint density at radius 1 is 1.21 bits per heavy atom. The lowest BCUT2D eigenvalue weighted by atomic mass is 10.00. The van der Waals surface area contributed by atoms with Crippen molar-refractivity contribution in [1.29, 1.82) is 0 Å². The molecule has 2 rings (SSSR count). The van der Waals surface area contributed by atoms with Gasteiger partial charge in [0, 0.05) is 13.2 Å². The molecule has 2 aliphatic rings. The molecule has 0 aromatic heterocycles. The first kappa shape index (κ1) is 10.4. The van der Waals surface area contributed by atoms with Crippen molar-refractivity contribution in [2.75, 3.05) is 26.3 Å². The lowest BCUT2D eigenvalue weighted by Crippen LogP contribution is -2.31. The zero-order valence-corrected chi connectivity index (χ0v) is 9.30. The summed E-state index contributed by atoms with van der Waals surface area (Å²) in [6.45, 7) is 6.77. The number of nitrogens with one attached hydrogen (secondary N) is 1. The van der Waals surface area contributed by atoms with Crippen LogP contribution in [0.5, 0.6) is 0 Å². The van der Waals surface area contributed by atoms with E-state index < -0.39 is 0 Å². The van der Waals surface area contributed by atoms with Gasteiger partial charge in [-0.15, -0.1) is 0 Å². The van der Waals surface area contributed by atoms with E-state index in [1.54, 1.807) is 0 Å². The molecule has 0 spiro atoms. The summed E-state index contributed by atoms with van der Waals surface area (Å²) < 4.78 is 5.35. The molecule has 1 aliphatic carbocycles. The van der Waals surface area contributed by atoms with Crippen molar-refractivity contribution in [1.82, 2.24) is 5.32 Å². The number of ether oxygens (including phenoxy) is 1. The minimum atomic E-state index is 0.871. The van der Waals surface area contributed by atoms with Gasteiger partial charge in [-0.2, -0.15) is 0 Å². The first-order valence-corrected chi connectivity index (χ1v) is 6.14. The van der Waals surface area contributed by atoms with E-state index in [2.05, 4.69) is 12.2 Å². The highest BCUT2D eigenvalue weighted by atomic mass is 16.5. The molecule has 0 amide bonds. The van der Waals surface area contributed by atoms with E-state index in [1.165, 1.54) is 38.8 Å². The normalized spacial score (nSPS) is 26.4. The molecular formula is C12H23NO. The van der Waals surface area contributed by atoms with E-state index in [0.717, 1.165) is 31.0 Å². The van der Waals surface area contributed by atoms with Gasteiger partial charge < -0.3 is 10.1 Å². The van der Waals surface area contributed by atoms with Crippen molar-refractivity contribution < 1.29 is 4.74 Å². The second kappa shape index (κ2) is 5.13. The molecule has 1 saturated carbocycles. The van der Waals surface area contributed by atoms with Gasteiger partial charge in [0.05, 0.1) is 0 Å². The molecule has 82 valence electrons. The van der Waals surface area contributed by atoms with Crippen LogP contribution in [0.1, 0.15) is 32.6 Å². The van der Waals surface area contributed by atoms with E-state index in [-0.39, 0.29) is 0 Å². The second-order valence-corrected chi connectivity index (χ2v) is 5.03. The fourth-order valence-electron chi connectivity index (χ4n) is 2.30. The van der Waals surface area contributed by atoms with Gasteiger partial charge in [-0.05, 0) is 56.5 Å². The zero-order valence-electron chi connectivity index (χ0n) is 9.30. The van der Waals surface area contributed by atoms with Crippen molar-refractivity contribution in [3.05, 3.63) is 0 Å². The minimum Gasteiger partial charge on any atom is -0.381 e. The summed E-state index contributed by atoms with van der Waals surface area (Å²) in [5, 5.41) is 3.62. The molecule has 1 N–H and O–H groups in total. The number of hydrogen-bond donors (Lipinski definition) is 1. The first-order chi connectivity index (χ1) is 6.86. The molecule has 0 bridgehead atoms. The molecule has 1 aliphatic heterocycles. The highest BCUT2D eigenvalue weighted by molar-refractivity contribution is 4.80. The van der Waals surface area contributed by atoms with Crippen LogP contribution in [-0.2, 0) is 4.74 Å². The van der Waals surface area contributed by atoms with Crippen LogP contribution in [-0.4, -0.2) is 26.3 Å². The Kier molecular flexibility index (Phi) is 3.82. The molecule has 1 unspecified atom stereocenters. The topological polar surface area (TPSA) is 21.3 Å². The number of rotatable bonds is 5. The standard InChI is InChI=1S/C12H23NO/c1-10(12-2-3-12)8-13-9-11-4-6-14-7-5-11/h10-13H,2-9H2,1H3. The van der Waals surface area contributed by atoms with Crippen molar-refractivity contribution in [2.45, 2.75) is 32.6 Å². The average molecular weight is 197 g/mol. The molecule has 1 heterocycles. The van der Waals surface area contributed by atoms with Gasteiger partial charge in [0.15, 0.2) is 0 Å². The highest BCUT2D eigenvalue weighted by Crippen LogP contribution is 2.36. The van der Waals surface area contributed by atoms with Crippen LogP contribution in [0.3, 0.4) is 0 Å². The molecule has 2 heteroatoms. The third-order valence-corrected chi connectivity index (χ3v) is 3.67. The van der Waals surface area contributed by atoms with E-state index in [4.69, 9.17) is 4.74 Å². The SMILES string of the molecule is CC(CNCC1CCOCC1)C1CC1. The molecule has 0 aromatic carbocycles. The van der Waals surface area contributed by atoms with E-state index in [1.807, 2.05) is 0 Å². The largest absolute Gasteiger partial charge is 0.381 e. The monoisotopic (exact) mass is 197 g/mol. The molecule has 2 fully saturated rings. The van der Waals surface area contributed by atoms with Gasteiger partial charge in [0.25, 0.3) is 0 Å². The van der Waals surface area contributed by atoms with Crippen LogP contribution in [0.4, 0.5) is 0 Å². The Bertz CT molecular complexity index is 162. The van der Waals surface area contributed by atoms with Crippen LogP contribution >= 0.6 is 0 Å². The van der Waals surface area contributed by atoms with Gasteiger partial charge in [0.1, 0.15) is 0 Å². The van der Waals surface area contributed by atoms with Crippen molar-refractivity contribution in [2.24, 2.45) is 17.8 Å². The fraction of sp³-hybridized carbons (Fsp3) is 1.00. The summed E-state index contributed by atoms with van der Waals surface area (Å²) in [6.07, 6.45) is 5.45. The molecule has 1 atom stereocenters. The second-order valence-electron chi connectivity index (χ2n) is 5.03. The number of hydrogen-bond acceptors (Lipinski definition) is 2. The Morgan fingerprint density at radius 3 is 2.57 bits per heavy atom. The van der Waals surface area contributed by atoms with Crippen molar-refractivity contribution >= 4 is 0 Å². The van der Waals surface area contributed by atoms with Crippen molar-refractivity contribution in [3.63, 3.8) is 0 Å². The van der Waals surface area contributed by atoms with Gasteiger partial charge in [-0.25, -0.2) is 0 Å². The summed E-state index contributed by atoms with van der Waals surface area (Å²) in [4.78, 5) is 0. The summed E-state index contributed by atoms with van der Waals surface area (Å²) in [7, 11) is 0. The van der Waals surface area contributed by atoms with E-state index in [0.29, 0.717) is 0 Å². The van der Waals surface area contributed by atoms with Crippen LogP contribution in [0.25, 0.3) is 0 Å². The third-order valence-electron chi connectivity index (χ3n) is 3.67. The first-order valence-electron chi connectivity index (χ1n) is 6.14. The lowest BCUT2D eigenvalue weighted by molar-refractivity contribution is 0.0660. The Balaban J connectivity index is 1.52. The summed E-state index contributed by atoms with van der Waals surface area (Å²) >= 11 is 0. The Morgan fingerprint density at radius 2 is 1.93 bits per heavy atom. The fourth-order valence-corrected chi connectivity index (χ4v) is 2.30. The van der Waals surface area contributed by atoms with Crippen LogP contribution in [0, 0.1) is 17.8 Å². The molecule has 2 nitrogen and oxygen atoms in total. The van der Waals surface area contributed by atoms with Crippen LogP contribution < -0.4 is 5.32 Å². The van der Waals surface area contributed by atoms with Gasteiger partial charge in [-0.1, -0.05) is 6.92 Å². The highest BCUT2D eigenvalue weighted by Gasteiger charge is 2.27. The molecule has 14 heavy (non-hydrogen) atoms. The average Bonchev–Trinajstić information content (AvgIpc) is 3.02. The lowest BCUT2D eigenvalue weighted by Gasteiger charge is -2.23. The molecule has 0 aromatic rings. The maximum Gasteiger partial charge on any atom is 0.0469 e. The van der Waals surface area contributed by atoms with Crippen molar-refractivity contribution in [3.8, 4) is 0 Å². The van der Waals surface area contributed by atoms with E-state index in [9.17, 15) is 0 Å². The predicted molar refractivity (Wildman–Crippen MR) is 58.3 cm³/mol. The molecule has 1 saturated heterocycles. The van der Waals surface area contributed by atoms with Gasteiger partial charge in [-0.3, -0.25) is 0 Å². The van der Waals surface area contributed by atoms with Crippen LogP contribution in [0.2, 0.25) is 0 Å². The Hall–Kier alpha value is -0.0800.